The van der Waals surface area contributed by atoms with Crippen LogP contribution in [0.5, 0.6) is 5.88 Å². The topological polar surface area (TPSA) is 87.0 Å². The molecule has 0 saturated carbocycles. The van der Waals surface area contributed by atoms with Gasteiger partial charge >= 0.3 is 0 Å². The highest BCUT2D eigenvalue weighted by Gasteiger charge is 2.17. The summed E-state index contributed by atoms with van der Waals surface area (Å²) in [7, 11) is 0. The Kier molecular flexibility index (Phi) is 1.12. The van der Waals surface area contributed by atoms with E-state index in [-0.39, 0.29) is 5.95 Å². The maximum atomic E-state index is 5.56. The SMILES string of the molecule is Nc1nc(N)c2c(n1)OCC2. The predicted octanol–water partition coefficient (Wildman–Crippen LogP) is -0.424. The van der Waals surface area contributed by atoms with Gasteiger partial charge in [0, 0.05) is 6.42 Å². The summed E-state index contributed by atoms with van der Waals surface area (Å²) in [6, 6.07) is 0. The Balaban J connectivity index is 2.60. The van der Waals surface area contributed by atoms with E-state index in [0.717, 1.165) is 12.0 Å². The average molecular weight is 152 g/mol. The quantitative estimate of drug-likeness (QED) is 0.527. The molecule has 0 amide bonds. The smallest absolute Gasteiger partial charge is 0.225 e. The van der Waals surface area contributed by atoms with Crippen LogP contribution in [0.25, 0.3) is 0 Å². The molecule has 0 aliphatic carbocycles. The van der Waals surface area contributed by atoms with Crippen molar-refractivity contribution in [2.24, 2.45) is 0 Å². The molecular weight excluding hydrogens is 144 g/mol. The van der Waals surface area contributed by atoms with Crippen molar-refractivity contribution in [3.8, 4) is 5.88 Å². The van der Waals surface area contributed by atoms with Crippen molar-refractivity contribution < 1.29 is 4.74 Å². The average Bonchev–Trinajstić information content (AvgIpc) is 2.34. The van der Waals surface area contributed by atoms with E-state index >= 15 is 0 Å². The van der Waals surface area contributed by atoms with Gasteiger partial charge in [-0.15, -0.1) is 0 Å². The predicted molar refractivity (Wildman–Crippen MR) is 40.1 cm³/mol. The van der Waals surface area contributed by atoms with E-state index in [1.54, 1.807) is 0 Å². The van der Waals surface area contributed by atoms with E-state index in [2.05, 4.69) is 9.97 Å². The van der Waals surface area contributed by atoms with Crippen molar-refractivity contribution in [1.82, 2.24) is 9.97 Å². The Morgan fingerprint density at radius 2 is 2.09 bits per heavy atom. The van der Waals surface area contributed by atoms with E-state index in [1.165, 1.54) is 0 Å². The van der Waals surface area contributed by atoms with Crippen molar-refractivity contribution in [1.29, 1.82) is 0 Å². The van der Waals surface area contributed by atoms with Gasteiger partial charge in [0.25, 0.3) is 0 Å². The van der Waals surface area contributed by atoms with Crippen LogP contribution in [-0.4, -0.2) is 16.6 Å². The maximum absolute atomic E-state index is 5.56. The Labute approximate surface area is 63.4 Å². The van der Waals surface area contributed by atoms with Crippen LogP contribution in [0.15, 0.2) is 0 Å². The number of hydrogen-bond donors (Lipinski definition) is 2. The minimum absolute atomic E-state index is 0.170. The van der Waals surface area contributed by atoms with E-state index < -0.39 is 0 Å². The second-order valence-corrected chi connectivity index (χ2v) is 2.35. The molecule has 0 saturated heterocycles. The van der Waals surface area contributed by atoms with E-state index in [0.29, 0.717) is 18.3 Å². The standard InChI is InChI=1S/C6H8N4O/c7-4-3-1-2-11-5(3)10-6(8)9-4/h1-2H2,(H4,7,8,9,10). The largest absolute Gasteiger partial charge is 0.477 e. The van der Waals surface area contributed by atoms with Crippen molar-refractivity contribution in [3.05, 3.63) is 5.56 Å². The number of anilines is 2. The van der Waals surface area contributed by atoms with Crippen LogP contribution in [0.1, 0.15) is 5.56 Å². The van der Waals surface area contributed by atoms with Crippen LogP contribution in [0.3, 0.4) is 0 Å². The maximum Gasteiger partial charge on any atom is 0.225 e. The van der Waals surface area contributed by atoms with E-state index in [1.807, 2.05) is 0 Å². The molecule has 0 fully saturated rings. The highest BCUT2D eigenvalue weighted by Crippen LogP contribution is 2.26. The molecule has 1 aliphatic rings. The van der Waals surface area contributed by atoms with Gasteiger partial charge in [0.2, 0.25) is 11.8 Å². The highest BCUT2D eigenvalue weighted by molar-refractivity contribution is 5.50. The summed E-state index contributed by atoms with van der Waals surface area (Å²) in [6.07, 6.45) is 0.779. The summed E-state index contributed by atoms with van der Waals surface area (Å²) in [5, 5.41) is 0. The second-order valence-electron chi connectivity index (χ2n) is 2.35. The van der Waals surface area contributed by atoms with Gasteiger partial charge in [0.05, 0.1) is 12.2 Å². The zero-order chi connectivity index (χ0) is 7.84. The molecule has 2 rings (SSSR count). The molecule has 4 N–H and O–H groups in total. The number of fused-ring (bicyclic) bond motifs is 1. The number of ether oxygens (including phenoxy) is 1. The molecule has 0 unspecified atom stereocenters. The number of hydrogen-bond acceptors (Lipinski definition) is 5. The molecule has 0 bridgehead atoms. The minimum Gasteiger partial charge on any atom is -0.477 e. The van der Waals surface area contributed by atoms with Gasteiger partial charge in [-0.1, -0.05) is 0 Å². The van der Waals surface area contributed by atoms with Gasteiger partial charge in [0.15, 0.2) is 0 Å². The molecule has 5 nitrogen and oxygen atoms in total. The van der Waals surface area contributed by atoms with Gasteiger partial charge in [-0.2, -0.15) is 9.97 Å². The zero-order valence-electron chi connectivity index (χ0n) is 5.87. The van der Waals surface area contributed by atoms with Gasteiger partial charge in [-0.05, 0) is 0 Å². The molecule has 1 aromatic heterocycles. The monoisotopic (exact) mass is 152 g/mol. The molecule has 0 radical (unpaired) electrons. The van der Waals surface area contributed by atoms with Crippen molar-refractivity contribution in [2.45, 2.75) is 6.42 Å². The fourth-order valence-corrected chi connectivity index (χ4v) is 1.10. The molecule has 0 spiro atoms. The summed E-state index contributed by atoms with van der Waals surface area (Å²) in [5.74, 6) is 1.14. The Morgan fingerprint density at radius 3 is 2.91 bits per heavy atom. The summed E-state index contributed by atoms with van der Waals surface area (Å²) in [4.78, 5) is 7.69. The summed E-state index contributed by atoms with van der Waals surface area (Å²) >= 11 is 0. The fraction of sp³-hybridized carbons (Fsp3) is 0.333. The Hall–Kier alpha value is -1.52. The molecule has 11 heavy (non-hydrogen) atoms. The van der Waals surface area contributed by atoms with Crippen LogP contribution >= 0.6 is 0 Å². The normalized spacial score (nSPS) is 14.2. The third-order valence-electron chi connectivity index (χ3n) is 1.61. The molecule has 0 atom stereocenters. The van der Waals surface area contributed by atoms with Crippen LogP contribution in [-0.2, 0) is 6.42 Å². The lowest BCUT2D eigenvalue weighted by atomic mass is 10.2. The van der Waals surface area contributed by atoms with Crippen LogP contribution in [0, 0.1) is 0 Å². The molecular formula is C6H8N4O. The minimum atomic E-state index is 0.170. The third kappa shape index (κ3) is 0.849. The van der Waals surface area contributed by atoms with Crippen LogP contribution in [0.2, 0.25) is 0 Å². The molecule has 0 aromatic carbocycles. The first-order chi connectivity index (χ1) is 5.27. The molecule has 1 aliphatic heterocycles. The second kappa shape index (κ2) is 1.98. The first-order valence-electron chi connectivity index (χ1n) is 3.32. The molecule has 1 aromatic rings. The van der Waals surface area contributed by atoms with E-state index in [9.17, 15) is 0 Å². The number of nitrogens with zero attached hydrogens (tertiary/aromatic N) is 2. The van der Waals surface area contributed by atoms with Crippen LogP contribution < -0.4 is 16.2 Å². The molecule has 58 valence electrons. The van der Waals surface area contributed by atoms with Gasteiger partial charge in [0.1, 0.15) is 5.82 Å². The first kappa shape index (κ1) is 6.21. The lowest BCUT2D eigenvalue weighted by Crippen LogP contribution is -2.02. The van der Waals surface area contributed by atoms with E-state index in [4.69, 9.17) is 16.2 Å². The lowest BCUT2D eigenvalue weighted by Gasteiger charge is -2.00. The van der Waals surface area contributed by atoms with Crippen LogP contribution in [0.4, 0.5) is 11.8 Å². The number of rotatable bonds is 0. The summed E-state index contributed by atoms with van der Waals surface area (Å²) < 4.78 is 5.15. The van der Waals surface area contributed by atoms with Gasteiger partial charge < -0.3 is 16.2 Å². The highest BCUT2D eigenvalue weighted by atomic mass is 16.5. The fourth-order valence-electron chi connectivity index (χ4n) is 1.10. The van der Waals surface area contributed by atoms with Crippen molar-refractivity contribution in [3.63, 3.8) is 0 Å². The Bertz CT molecular complexity index is 299. The first-order valence-corrected chi connectivity index (χ1v) is 3.32. The zero-order valence-corrected chi connectivity index (χ0v) is 5.87. The third-order valence-corrected chi connectivity index (χ3v) is 1.61. The van der Waals surface area contributed by atoms with Crippen molar-refractivity contribution >= 4 is 11.8 Å². The summed E-state index contributed by atoms with van der Waals surface area (Å²) in [6.45, 7) is 0.623. The summed E-state index contributed by atoms with van der Waals surface area (Å²) in [5.41, 5.74) is 11.8. The lowest BCUT2D eigenvalue weighted by molar-refractivity contribution is 0.345. The van der Waals surface area contributed by atoms with Gasteiger partial charge in [-0.3, -0.25) is 0 Å². The Morgan fingerprint density at radius 1 is 1.27 bits per heavy atom. The molecule has 2 heterocycles. The number of nitrogens with two attached hydrogens (primary N) is 2. The van der Waals surface area contributed by atoms with Gasteiger partial charge in [-0.25, -0.2) is 0 Å². The number of aromatic nitrogens is 2. The van der Waals surface area contributed by atoms with Crippen molar-refractivity contribution in [2.75, 3.05) is 18.1 Å². The number of nitrogen functional groups attached to an aromatic ring is 2. The molecule has 5 heteroatoms.